The van der Waals surface area contributed by atoms with Gasteiger partial charge in [-0.05, 0) is 41.5 Å². The van der Waals surface area contributed by atoms with E-state index in [1.807, 2.05) is 0 Å². The van der Waals surface area contributed by atoms with E-state index in [1.165, 1.54) is 26.4 Å². The summed E-state index contributed by atoms with van der Waals surface area (Å²) < 4.78 is 28.1. The Hall–Kier alpha value is -3.34. The van der Waals surface area contributed by atoms with Crippen molar-refractivity contribution in [3.05, 3.63) is 35.3 Å². The van der Waals surface area contributed by atoms with Crippen LogP contribution in [0.4, 0.5) is 0 Å². The van der Waals surface area contributed by atoms with Gasteiger partial charge in [-0.1, -0.05) is 41.5 Å². The first-order valence-electron chi connectivity index (χ1n) is 17.3. The molecule has 3 fully saturated rings. The smallest absolute Gasteiger partial charge is 0.335 e. The maximum atomic E-state index is 13.6. The minimum atomic E-state index is -1.85. The van der Waals surface area contributed by atoms with Crippen molar-refractivity contribution in [2.24, 2.45) is 34.5 Å². The summed E-state index contributed by atoms with van der Waals surface area (Å²) in [7, 11) is 0. The summed E-state index contributed by atoms with van der Waals surface area (Å²) in [6, 6.07) is 1.54. The summed E-state index contributed by atoms with van der Waals surface area (Å²) in [5, 5.41) is 69.7. The molecule has 5 rings (SSSR count). The van der Waals surface area contributed by atoms with Crippen molar-refractivity contribution in [3.8, 4) is 0 Å². The van der Waals surface area contributed by atoms with Crippen LogP contribution in [0.15, 0.2) is 34.2 Å². The number of fused-ring (bicyclic) bond motifs is 2. The third-order valence-corrected chi connectivity index (χ3v) is 11.8. The van der Waals surface area contributed by atoms with Crippen molar-refractivity contribution >= 4 is 23.9 Å². The number of hydrogen-bond acceptors (Lipinski definition) is 15. The van der Waals surface area contributed by atoms with Crippen LogP contribution in [0.1, 0.15) is 72.8 Å². The lowest BCUT2D eigenvalue weighted by atomic mass is 9.49. The second-order valence-corrected chi connectivity index (χ2v) is 15.8. The standard InChI is InChI=1S/C36H50O15/c1-15(2)26(39)32(44)50-20-11-22(38)48-13-18-24-29(42)28(41)23(17-8-9-47-12-17)36(24,7)31(51-33(45)27(40)16(3)4)30(43)25(18)35(20,6)19-10-21(37)49-14-34(19,5)46/h8-9,12,15-16,19-20,23,25-31,39-43,46H,10-11,13-14H2,1-7H3. The van der Waals surface area contributed by atoms with E-state index in [0.29, 0.717) is 5.56 Å². The van der Waals surface area contributed by atoms with Crippen molar-refractivity contribution in [1.29, 1.82) is 0 Å². The van der Waals surface area contributed by atoms with E-state index in [9.17, 15) is 49.8 Å². The number of furan rings is 1. The normalized spacial score (nSPS) is 39.7. The highest BCUT2D eigenvalue weighted by Gasteiger charge is 2.70. The first-order chi connectivity index (χ1) is 23.7. The molecule has 0 amide bonds. The average molecular weight is 723 g/mol. The molecule has 2 saturated heterocycles. The molecule has 1 aromatic rings. The molecule has 1 saturated carbocycles. The summed E-state index contributed by atoms with van der Waals surface area (Å²) >= 11 is 0. The van der Waals surface area contributed by atoms with Gasteiger partial charge in [0.25, 0.3) is 0 Å². The molecule has 0 spiro atoms. The van der Waals surface area contributed by atoms with Gasteiger partial charge >= 0.3 is 23.9 Å². The molecule has 0 bridgehead atoms. The van der Waals surface area contributed by atoms with E-state index >= 15 is 0 Å². The third-order valence-electron chi connectivity index (χ3n) is 11.8. The fourth-order valence-electron chi connectivity index (χ4n) is 9.07. The van der Waals surface area contributed by atoms with Crippen molar-refractivity contribution in [2.45, 2.75) is 116 Å². The predicted molar refractivity (Wildman–Crippen MR) is 173 cm³/mol. The number of cyclic esters (lactones) is 2. The predicted octanol–water partition coefficient (Wildman–Crippen LogP) is 0.517. The maximum Gasteiger partial charge on any atom is 0.335 e. The zero-order valence-corrected chi connectivity index (χ0v) is 29.8. The molecule has 13 atom stereocenters. The molecule has 2 aliphatic heterocycles. The van der Waals surface area contributed by atoms with Gasteiger partial charge in [-0.25, -0.2) is 9.59 Å². The Labute approximate surface area is 295 Å². The third kappa shape index (κ3) is 6.39. The molecular formula is C36H50O15. The molecule has 284 valence electrons. The van der Waals surface area contributed by atoms with Crippen LogP contribution in [0.25, 0.3) is 0 Å². The monoisotopic (exact) mass is 722 g/mol. The molecule has 1 aromatic heterocycles. The van der Waals surface area contributed by atoms with Gasteiger partial charge in [0.05, 0.1) is 43.2 Å². The maximum absolute atomic E-state index is 13.6. The quantitative estimate of drug-likeness (QED) is 0.122. The zero-order chi connectivity index (χ0) is 38.0. The minimum Gasteiger partial charge on any atom is -0.472 e. The lowest BCUT2D eigenvalue weighted by Crippen LogP contribution is -2.66. The molecule has 15 heteroatoms. The lowest BCUT2D eigenvalue weighted by molar-refractivity contribution is -0.228. The molecule has 15 nitrogen and oxygen atoms in total. The molecule has 3 heterocycles. The van der Waals surface area contributed by atoms with Crippen LogP contribution in [-0.2, 0) is 38.1 Å². The second kappa shape index (κ2) is 13.9. The van der Waals surface area contributed by atoms with Crippen LogP contribution >= 0.6 is 0 Å². The van der Waals surface area contributed by atoms with E-state index in [4.69, 9.17) is 23.4 Å². The Balaban J connectivity index is 1.83. The van der Waals surface area contributed by atoms with Crippen LogP contribution in [0.5, 0.6) is 0 Å². The highest BCUT2D eigenvalue weighted by atomic mass is 16.6. The number of rotatable bonds is 8. The Morgan fingerprint density at radius 1 is 0.863 bits per heavy atom. The lowest BCUT2D eigenvalue weighted by Gasteiger charge is -2.59. The molecule has 13 unspecified atom stereocenters. The van der Waals surface area contributed by atoms with E-state index in [-0.39, 0.29) is 11.1 Å². The van der Waals surface area contributed by atoms with Gasteiger partial charge in [0.2, 0.25) is 0 Å². The van der Waals surface area contributed by atoms with Crippen molar-refractivity contribution in [1.82, 2.24) is 0 Å². The van der Waals surface area contributed by atoms with Gasteiger partial charge in [0.1, 0.15) is 31.5 Å². The Morgan fingerprint density at radius 2 is 1.45 bits per heavy atom. The molecule has 4 aliphatic rings. The number of hydrogen-bond donors (Lipinski definition) is 6. The summed E-state index contributed by atoms with van der Waals surface area (Å²) in [6.45, 7) is 9.74. The highest BCUT2D eigenvalue weighted by Crippen LogP contribution is 2.65. The molecule has 51 heavy (non-hydrogen) atoms. The Bertz CT molecular complexity index is 1530. The van der Waals surface area contributed by atoms with Crippen LogP contribution in [-0.4, -0.2) is 116 Å². The summed E-state index contributed by atoms with van der Waals surface area (Å²) in [5.41, 5.74) is -4.78. The number of esters is 4. The SMILES string of the molecule is CC(C)C(O)C(=O)OC1C(O)C2C(=C3C(O)C(O)C(c4ccoc4)C31C)COC(=O)CC(OC(=O)C(O)C(C)C)C2(C)C1CC(=O)OCC1(C)O. The largest absolute Gasteiger partial charge is 0.472 e. The second-order valence-electron chi connectivity index (χ2n) is 15.8. The molecule has 6 N–H and O–H groups in total. The number of carbonyl (C=O) groups is 4. The topological polar surface area (TPSA) is 240 Å². The van der Waals surface area contributed by atoms with Gasteiger partial charge in [0, 0.05) is 28.6 Å². The van der Waals surface area contributed by atoms with Gasteiger partial charge < -0.3 is 54.0 Å². The molecule has 0 aromatic carbocycles. The van der Waals surface area contributed by atoms with E-state index in [0.717, 1.165) is 0 Å². The number of ether oxygens (including phenoxy) is 4. The fourth-order valence-corrected chi connectivity index (χ4v) is 9.07. The van der Waals surface area contributed by atoms with Crippen LogP contribution in [0.3, 0.4) is 0 Å². The van der Waals surface area contributed by atoms with Crippen LogP contribution < -0.4 is 0 Å². The molecule has 0 radical (unpaired) electrons. The van der Waals surface area contributed by atoms with Crippen molar-refractivity contribution in [3.63, 3.8) is 0 Å². The molecule has 2 aliphatic carbocycles. The first-order valence-corrected chi connectivity index (χ1v) is 17.3. The first kappa shape index (κ1) is 38.9. The van der Waals surface area contributed by atoms with E-state index < -0.39 is 139 Å². The van der Waals surface area contributed by atoms with E-state index in [2.05, 4.69) is 0 Å². The zero-order valence-electron chi connectivity index (χ0n) is 29.8. The summed E-state index contributed by atoms with van der Waals surface area (Å²) in [4.78, 5) is 53.4. The highest BCUT2D eigenvalue weighted by molar-refractivity contribution is 5.77. The Kier molecular flexibility index (Phi) is 10.6. The summed E-state index contributed by atoms with van der Waals surface area (Å²) in [5.74, 6) is -8.74. The van der Waals surface area contributed by atoms with Gasteiger partial charge in [-0.2, -0.15) is 0 Å². The number of aliphatic hydroxyl groups excluding tert-OH is 5. The van der Waals surface area contributed by atoms with Crippen LogP contribution in [0.2, 0.25) is 0 Å². The average Bonchev–Trinajstić information content (AvgIpc) is 3.64. The van der Waals surface area contributed by atoms with Crippen LogP contribution in [0, 0.1) is 34.5 Å². The van der Waals surface area contributed by atoms with Gasteiger partial charge in [-0.15, -0.1) is 0 Å². The Morgan fingerprint density at radius 3 is 2.02 bits per heavy atom. The number of carbonyl (C=O) groups excluding carboxylic acids is 4. The van der Waals surface area contributed by atoms with Gasteiger partial charge in [-0.3, -0.25) is 9.59 Å². The van der Waals surface area contributed by atoms with Gasteiger partial charge in [0.15, 0.2) is 12.2 Å². The van der Waals surface area contributed by atoms with Crippen molar-refractivity contribution in [2.75, 3.05) is 13.2 Å². The summed E-state index contributed by atoms with van der Waals surface area (Å²) in [6.07, 6.45) is -10.0. The fraction of sp³-hybridized carbons (Fsp3) is 0.722. The minimum absolute atomic E-state index is 0.0552. The van der Waals surface area contributed by atoms with Crippen molar-refractivity contribution < 1.29 is 73.2 Å². The van der Waals surface area contributed by atoms with E-state index in [1.54, 1.807) is 40.7 Å². The number of aliphatic hydroxyl groups is 6. The molecular weight excluding hydrogens is 672 g/mol.